The third-order valence-corrected chi connectivity index (χ3v) is 9.30. The van der Waals surface area contributed by atoms with Crippen LogP contribution >= 0.6 is 23.2 Å². The van der Waals surface area contributed by atoms with Crippen LogP contribution in [0.25, 0.3) is 0 Å². The van der Waals surface area contributed by atoms with Crippen LogP contribution in [0.2, 0.25) is 10.0 Å². The summed E-state index contributed by atoms with van der Waals surface area (Å²) < 4.78 is 69.6. The number of pyridine rings is 1. The average molecular weight is 648 g/mol. The van der Waals surface area contributed by atoms with Gasteiger partial charge in [0.2, 0.25) is 10.0 Å². The van der Waals surface area contributed by atoms with E-state index in [4.69, 9.17) is 32.7 Å². The van der Waals surface area contributed by atoms with E-state index in [0.29, 0.717) is 23.7 Å². The highest BCUT2D eigenvalue weighted by atomic mass is 35.5. The van der Waals surface area contributed by atoms with Crippen LogP contribution in [0.3, 0.4) is 0 Å². The fourth-order valence-electron chi connectivity index (χ4n) is 3.96. The van der Waals surface area contributed by atoms with Crippen molar-refractivity contribution >= 4 is 39.2 Å². The highest BCUT2D eigenvalue weighted by Crippen LogP contribution is 2.38. The number of H-pyrrole nitrogens is 1. The number of hydrogen-bond donors (Lipinski definition) is 0. The van der Waals surface area contributed by atoms with Gasteiger partial charge in [0.1, 0.15) is 22.2 Å². The van der Waals surface area contributed by atoms with Crippen LogP contribution in [-0.4, -0.2) is 50.5 Å². The Labute approximate surface area is 252 Å². The zero-order chi connectivity index (χ0) is 29.7. The van der Waals surface area contributed by atoms with Crippen LogP contribution in [0.5, 0.6) is 11.5 Å². The molecule has 0 spiro atoms. The number of nitrogens with one attached hydrogen (secondary N) is 1. The summed E-state index contributed by atoms with van der Waals surface area (Å²) >= 11 is 12.7. The number of sulfonamides is 1. The van der Waals surface area contributed by atoms with Crippen LogP contribution in [-0.2, 0) is 26.0 Å². The van der Waals surface area contributed by atoms with Gasteiger partial charge in [0.15, 0.2) is 23.9 Å². The SMILES string of the molecule is C[C@@H](C(=O)O[C@H](Cc1c(Cl)c[nH+]cc1Cl)c1ccc(OC(F)F)c(OCC2CC2)c1)N(C)S(=O)(=O)c1ccccc1.[OH-]. The molecule has 0 amide bonds. The third-order valence-electron chi connectivity index (χ3n) is 6.68. The van der Waals surface area contributed by atoms with E-state index in [9.17, 15) is 22.0 Å². The van der Waals surface area contributed by atoms with Crippen LogP contribution < -0.4 is 14.5 Å². The molecular formula is C28H30Cl2F2N2O7S. The summed E-state index contributed by atoms with van der Waals surface area (Å²) in [7, 11) is -2.73. The number of esters is 1. The van der Waals surface area contributed by atoms with Gasteiger partial charge in [-0.25, -0.2) is 13.4 Å². The lowest BCUT2D eigenvalue weighted by Crippen LogP contribution is -2.41. The molecular weight excluding hydrogens is 617 g/mol. The van der Waals surface area contributed by atoms with Gasteiger partial charge in [-0.1, -0.05) is 47.5 Å². The molecule has 0 saturated heterocycles. The van der Waals surface area contributed by atoms with Crippen LogP contribution in [0.15, 0.2) is 65.8 Å². The van der Waals surface area contributed by atoms with Crippen molar-refractivity contribution in [2.45, 2.75) is 49.8 Å². The molecule has 2 atom stereocenters. The van der Waals surface area contributed by atoms with Crippen molar-refractivity contribution < 1.29 is 46.7 Å². The number of rotatable bonds is 13. The number of aromatic amines is 1. The fraction of sp³-hybridized carbons (Fsp3) is 0.357. The van der Waals surface area contributed by atoms with Gasteiger partial charge in [-0.05, 0) is 55.5 Å². The molecule has 9 nitrogen and oxygen atoms in total. The lowest BCUT2D eigenvalue weighted by Gasteiger charge is -2.26. The number of ether oxygens (including phenoxy) is 3. The molecule has 14 heteroatoms. The molecule has 1 saturated carbocycles. The van der Waals surface area contributed by atoms with Gasteiger partial charge >= 0.3 is 12.6 Å². The maximum atomic E-state index is 13.4. The first-order valence-corrected chi connectivity index (χ1v) is 15.0. The molecule has 0 bridgehead atoms. The quantitative estimate of drug-likeness (QED) is 0.223. The number of halogens is 4. The van der Waals surface area contributed by atoms with E-state index < -0.39 is 34.7 Å². The maximum absolute atomic E-state index is 13.4. The molecule has 1 aromatic heterocycles. The van der Waals surface area contributed by atoms with E-state index >= 15 is 0 Å². The molecule has 0 aliphatic heterocycles. The van der Waals surface area contributed by atoms with Crippen molar-refractivity contribution in [3.63, 3.8) is 0 Å². The molecule has 42 heavy (non-hydrogen) atoms. The molecule has 2 aromatic carbocycles. The molecule has 4 rings (SSSR count). The van der Waals surface area contributed by atoms with Crippen molar-refractivity contribution in [1.29, 1.82) is 0 Å². The van der Waals surface area contributed by atoms with Crippen molar-refractivity contribution in [1.82, 2.24) is 4.31 Å². The predicted molar refractivity (Wildman–Crippen MR) is 150 cm³/mol. The van der Waals surface area contributed by atoms with E-state index in [2.05, 4.69) is 9.72 Å². The summed E-state index contributed by atoms with van der Waals surface area (Å²) in [5.74, 6) is -0.624. The minimum atomic E-state index is -4.01. The maximum Gasteiger partial charge on any atom is 0.387 e. The van der Waals surface area contributed by atoms with Gasteiger partial charge < -0.3 is 19.7 Å². The Bertz CT molecular complexity index is 1460. The number of carbonyl (C=O) groups is 1. The summed E-state index contributed by atoms with van der Waals surface area (Å²) in [4.78, 5) is 16.2. The van der Waals surface area contributed by atoms with E-state index in [-0.39, 0.29) is 38.3 Å². The summed E-state index contributed by atoms with van der Waals surface area (Å²) in [6, 6.07) is 10.7. The normalized spacial score (nSPS) is 14.7. The Morgan fingerprint density at radius 3 is 2.31 bits per heavy atom. The minimum absolute atomic E-state index is 0. The number of likely N-dealkylation sites (N-methyl/N-ethyl adjacent to an activating group) is 1. The molecule has 228 valence electrons. The van der Waals surface area contributed by atoms with E-state index in [1.165, 1.54) is 56.7 Å². The zero-order valence-corrected chi connectivity index (χ0v) is 25.0. The van der Waals surface area contributed by atoms with Crippen LogP contribution in [0.4, 0.5) is 8.78 Å². The van der Waals surface area contributed by atoms with Crippen molar-refractivity contribution in [2.24, 2.45) is 5.92 Å². The molecule has 3 aromatic rings. The number of hydrogen-bond acceptors (Lipinski definition) is 7. The van der Waals surface area contributed by atoms with Crippen molar-refractivity contribution in [3.8, 4) is 11.5 Å². The summed E-state index contributed by atoms with van der Waals surface area (Å²) in [5, 5.41) is 0.552. The number of aromatic nitrogens is 1. The molecule has 2 N–H and O–H groups in total. The van der Waals surface area contributed by atoms with Crippen LogP contribution in [0.1, 0.15) is 37.0 Å². The minimum Gasteiger partial charge on any atom is -0.870 e. The summed E-state index contributed by atoms with van der Waals surface area (Å²) in [6.45, 7) is -1.35. The van der Waals surface area contributed by atoms with Crippen molar-refractivity contribution in [2.75, 3.05) is 13.7 Å². The topological polar surface area (TPSA) is 126 Å². The largest absolute Gasteiger partial charge is 0.870 e. The number of alkyl halides is 2. The highest BCUT2D eigenvalue weighted by Gasteiger charge is 2.33. The molecule has 0 radical (unpaired) electrons. The zero-order valence-electron chi connectivity index (χ0n) is 22.7. The van der Waals surface area contributed by atoms with Gasteiger partial charge in [0.25, 0.3) is 0 Å². The molecule has 1 heterocycles. The predicted octanol–water partition coefficient (Wildman–Crippen LogP) is 5.56. The first kappa shape index (κ1) is 33.5. The lowest BCUT2D eigenvalue weighted by molar-refractivity contribution is -0.377. The second-order valence-corrected chi connectivity index (χ2v) is 12.4. The Morgan fingerprint density at radius 2 is 1.71 bits per heavy atom. The van der Waals surface area contributed by atoms with E-state index in [1.807, 2.05) is 0 Å². The highest BCUT2D eigenvalue weighted by molar-refractivity contribution is 7.89. The van der Waals surface area contributed by atoms with Crippen LogP contribution in [0, 0.1) is 5.92 Å². The molecule has 0 unspecified atom stereocenters. The number of nitrogens with zero attached hydrogens (tertiary/aromatic N) is 1. The summed E-state index contributed by atoms with van der Waals surface area (Å²) in [6.07, 6.45) is 3.92. The lowest BCUT2D eigenvalue weighted by atomic mass is 10.0. The van der Waals surface area contributed by atoms with Gasteiger partial charge in [-0.3, -0.25) is 4.79 Å². The van der Waals surface area contributed by atoms with Gasteiger partial charge in [-0.2, -0.15) is 13.1 Å². The van der Waals surface area contributed by atoms with Gasteiger partial charge in [0, 0.05) is 19.0 Å². The third kappa shape index (κ3) is 8.29. The molecule has 1 fully saturated rings. The smallest absolute Gasteiger partial charge is 0.387 e. The first-order chi connectivity index (χ1) is 19.5. The second kappa shape index (κ2) is 14.4. The Balaban J connectivity index is 0.00000484. The Morgan fingerprint density at radius 1 is 1.07 bits per heavy atom. The van der Waals surface area contributed by atoms with E-state index in [1.54, 1.807) is 18.2 Å². The van der Waals surface area contributed by atoms with Gasteiger partial charge in [0.05, 0.1) is 11.5 Å². The van der Waals surface area contributed by atoms with Crippen molar-refractivity contribution in [3.05, 3.63) is 82.1 Å². The Hall–Kier alpha value is -3.03. The number of carbonyl (C=O) groups excluding carboxylic acids is 1. The van der Waals surface area contributed by atoms with E-state index in [0.717, 1.165) is 17.1 Å². The first-order valence-electron chi connectivity index (χ1n) is 12.8. The molecule has 1 aliphatic carbocycles. The van der Waals surface area contributed by atoms with Gasteiger partial charge in [-0.15, -0.1) is 0 Å². The monoisotopic (exact) mass is 646 g/mol. The molecule has 1 aliphatic rings. The standard InChI is InChI=1S/C28H28Cl2F2N2O6S.H2O/c1-17(34(2)41(36,37)20-6-4-3-5-7-20)27(35)39-25(13-21-22(29)14-33-15-23(21)30)19-10-11-24(40-28(31)32)26(12-19)38-16-18-8-9-18;/h3-7,10-12,14-15,17-18,25,28H,8-9,13,16H2,1-2H3;1H2/t17-,25+;/m0./s1. The number of benzene rings is 2. The second-order valence-electron chi connectivity index (χ2n) is 9.61. The summed E-state index contributed by atoms with van der Waals surface area (Å²) in [5.41, 5.74) is 0.836. The fourth-order valence-corrected chi connectivity index (χ4v) is 5.83. The average Bonchev–Trinajstić information content (AvgIpc) is 3.78. The Kier molecular flexibility index (Phi) is 11.5.